The summed E-state index contributed by atoms with van der Waals surface area (Å²) in [6.45, 7) is 0. The summed E-state index contributed by atoms with van der Waals surface area (Å²) in [7, 11) is 0. The monoisotopic (exact) mass is 93.1 g/mol. The number of hydrogen-bond donors (Lipinski definition) is 0. The molecule has 0 spiro atoms. The topological polar surface area (TPSA) is 3.24 Å². The summed E-state index contributed by atoms with van der Waals surface area (Å²) >= 11 is 0. The van der Waals surface area contributed by atoms with Gasteiger partial charge < -0.3 is 4.90 Å². The Hall–Kier alpha value is -0.460. The van der Waals surface area contributed by atoms with Gasteiger partial charge in [0.15, 0.2) is 0 Å². The van der Waals surface area contributed by atoms with E-state index in [2.05, 4.69) is 11.0 Å². The quantitative estimate of drug-likeness (QED) is 0.426. The Morgan fingerprint density at radius 2 is 2.71 bits per heavy atom. The van der Waals surface area contributed by atoms with Crippen LogP contribution in [0.4, 0.5) is 0 Å². The summed E-state index contributed by atoms with van der Waals surface area (Å²) in [6.07, 6.45) is 5.26. The van der Waals surface area contributed by atoms with Crippen LogP contribution in [0.3, 0.4) is 0 Å². The number of nitrogens with zero attached hydrogens (tertiary/aromatic N) is 1. The van der Waals surface area contributed by atoms with Gasteiger partial charge in [-0.3, -0.25) is 0 Å². The lowest BCUT2D eigenvalue weighted by Crippen LogP contribution is -2.68. The Labute approximate surface area is 42.6 Å². The highest BCUT2D eigenvalue weighted by Gasteiger charge is 2.52. The minimum atomic E-state index is 0.911. The SMILES string of the molecule is C1=C2CC3CC1N23. The Morgan fingerprint density at radius 3 is 2.71 bits per heavy atom. The highest BCUT2D eigenvalue weighted by Crippen LogP contribution is 2.52. The van der Waals surface area contributed by atoms with Crippen LogP contribution >= 0.6 is 0 Å². The molecule has 1 nitrogen and oxygen atoms in total. The minimum Gasteiger partial charge on any atom is -0.365 e. The van der Waals surface area contributed by atoms with Crippen molar-refractivity contribution in [3.63, 3.8) is 0 Å². The van der Waals surface area contributed by atoms with Crippen LogP contribution in [-0.4, -0.2) is 17.0 Å². The summed E-state index contributed by atoms with van der Waals surface area (Å²) in [5, 5.41) is 0. The molecule has 1 heteroatoms. The van der Waals surface area contributed by atoms with Gasteiger partial charge in [-0.1, -0.05) is 0 Å². The summed E-state index contributed by atoms with van der Waals surface area (Å²) in [6, 6.07) is 1.92. The first-order chi connectivity index (χ1) is 3.45. The molecule has 7 heavy (non-hydrogen) atoms. The molecule has 36 valence electrons. The standard InChI is InChI=1S/C6H7N/c1-4-2-6-3-5(1)7(4)6/h1,4,6H,2-3H2. The van der Waals surface area contributed by atoms with Gasteiger partial charge in [0.2, 0.25) is 0 Å². The van der Waals surface area contributed by atoms with Crippen molar-refractivity contribution < 1.29 is 0 Å². The van der Waals surface area contributed by atoms with Crippen LogP contribution < -0.4 is 0 Å². The van der Waals surface area contributed by atoms with E-state index in [4.69, 9.17) is 0 Å². The normalized spacial score (nSPS) is 50.3. The van der Waals surface area contributed by atoms with Crippen LogP contribution in [0.15, 0.2) is 11.8 Å². The number of hydrogen-bond acceptors (Lipinski definition) is 1. The van der Waals surface area contributed by atoms with Crippen LogP contribution in [-0.2, 0) is 0 Å². The fourth-order valence-electron chi connectivity index (χ4n) is 1.94. The smallest absolute Gasteiger partial charge is 0.0512 e. The van der Waals surface area contributed by atoms with E-state index in [1.165, 1.54) is 12.8 Å². The van der Waals surface area contributed by atoms with Gasteiger partial charge in [-0.2, -0.15) is 0 Å². The van der Waals surface area contributed by atoms with Crippen molar-refractivity contribution in [1.29, 1.82) is 0 Å². The van der Waals surface area contributed by atoms with Gasteiger partial charge in [-0.15, -0.1) is 0 Å². The molecule has 3 heterocycles. The molecular weight excluding hydrogens is 86.1 g/mol. The van der Waals surface area contributed by atoms with Crippen molar-refractivity contribution in [1.82, 2.24) is 4.90 Å². The Morgan fingerprint density at radius 1 is 1.71 bits per heavy atom. The molecule has 3 rings (SSSR count). The third-order valence-electron chi connectivity index (χ3n) is 2.43. The highest BCUT2D eigenvalue weighted by atomic mass is 15.3. The summed E-state index contributed by atoms with van der Waals surface area (Å²) in [5.74, 6) is 0. The molecule has 2 atom stereocenters. The van der Waals surface area contributed by atoms with Crippen molar-refractivity contribution in [3.05, 3.63) is 11.8 Å². The van der Waals surface area contributed by atoms with E-state index < -0.39 is 0 Å². The maximum absolute atomic E-state index is 2.53. The molecule has 0 saturated carbocycles. The van der Waals surface area contributed by atoms with Gasteiger partial charge in [0.1, 0.15) is 0 Å². The Bertz CT molecular complexity index is 160. The second-order valence-electron chi connectivity index (χ2n) is 2.73. The number of piperidine rings is 1. The fraction of sp³-hybridized carbons (Fsp3) is 0.667. The van der Waals surface area contributed by atoms with Crippen molar-refractivity contribution in [2.45, 2.75) is 24.9 Å². The van der Waals surface area contributed by atoms with E-state index in [1.54, 1.807) is 5.70 Å². The molecular formula is C6H7N. The lowest BCUT2D eigenvalue weighted by atomic mass is 9.72. The van der Waals surface area contributed by atoms with Gasteiger partial charge in [-0.25, -0.2) is 0 Å². The van der Waals surface area contributed by atoms with Crippen LogP contribution in [0.2, 0.25) is 0 Å². The summed E-state index contributed by atoms with van der Waals surface area (Å²) in [5.41, 5.74) is 1.63. The van der Waals surface area contributed by atoms with Gasteiger partial charge in [0.25, 0.3) is 0 Å². The maximum atomic E-state index is 2.53. The lowest BCUT2D eigenvalue weighted by molar-refractivity contribution is -0.0297. The maximum Gasteiger partial charge on any atom is 0.0512 e. The first-order valence-corrected chi connectivity index (χ1v) is 2.94. The highest BCUT2D eigenvalue weighted by molar-refractivity contribution is 5.36. The van der Waals surface area contributed by atoms with Crippen LogP contribution in [0.25, 0.3) is 0 Å². The van der Waals surface area contributed by atoms with E-state index in [9.17, 15) is 0 Å². The zero-order chi connectivity index (χ0) is 4.43. The van der Waals surface area contributed by atoms with E-state index in [0.717, 1.165) is 12.1 Å². The van der Waals surface area contributed by atoms with Gasteiger partial charge >= 0.3 is 0 Å². The van der Waals surface area contributed by atoms with E-state index in [1.807, 2.05) is 0 Å². The predicted octanol–water partition coefficient (Wildman–Crippen LogP) is 0.730. The third-order valence-corrected chi connectivity index (χ3v) is 2.43. The molecule has 3 aliphatic heterocycles. The zero-order valence-corrected chi connectivity index (χ0v) is 4.09. The number of rotatable bonds is 0. The summed E-state index contributed by atoms with van der Waals surface area (Å²) < 4.78 is 0. The Balaban J connectivity index is 2.21. The third kappa shape index (κ3) is 0.125. The van der Waals surface area contributed by atoms with Crippen LogP contribution in [0.5, 0.6) is 0 Å². The van der Waals surface area contributed by atoms with Crippen molar-refractivity contribution in [2.24, 2.45) is 0 Å². The van der Waals surface area contributed by atoms with Gasteiger partial charge in [0, 0.05) is 18.2 Å². The van der Waals surface area contributed by atoms with Gasteiger partial charge in [-0.05, 0) is 12.5 Å². The average Bonchev–Trinajstić information content (AvgIpc) is 1.66. The summed E-state index contributed by atoms with van der Waals surface area (Å²) in [4.78, 5) is 2.53. The second-order valence-corrected chi connectivity index (χ2v) is 2.73. The van der Waals surface area contributed by atoms with Gasteiger partial charge in [0.05, 0.1) is 6.04 Å². The van der Waals surface area contributed by atoms with E-state index in [0.29, 0.717) is 0 Å². The molecule has 0 aromatic carbocycles. The predicted molar refractivity (Wildman–Crippen MR) is 26.7 cm³/mol. The first kappa shape index (κ1) is 2.75. The minimum absolute atomic E-state index is 0.911. The molecule has 2 saturated heterocycles. The average molecular weight is 93.1 g/mol. The largest absolute Gasteiger partial charge is 0.365 e. The van der Waals surface area contributed by atoms with Crippen molar-refractivity contribution >= 4 is 0 Å². The Kier molecular flexibility index (Phi) is 0.212. The van der Waals surface area contributed by atoms with E-state index >= 15 is 0 Å². The molecule has 2 unspecified atom stereocenters. The molecule has 0 aromatic heterocycles. The first-order valence-electron chi connectivity index (χ1n) is 2.94. The van der Waals surface area contributed by atoms with E-state index in [-0.39, 0.29) is 0 Å². The zero-order valence-electron chi connectivity index (χ0n) is 4.09. The van der Waals surface area contributed by atoms with Crippen molar-refractivity contribution in [3.8, 4) is 0 Å². The van der Waals surface area contributed by atoms with Crippen LogP contribution in [0, 0.1) is 0 Å². The molecule has 0 amide bonds. The van der Waals surface area contributed by atoms with Crippen molar-refractivity contribution in [2.75, 3.05) is 0 Å². The molecule has 3 aliphatic rings. The molecule has 2 fully saturated rings. The molecule has 0 aliphatic carbocycles. The molecule has 0 aromatic rings. The molecule has 0 bridgehead atoms. The fourth-order valence-corrected chi connectivity index (χ4v) is 1.94. The van der Waals surface area contributed by atoms with Crippen LogP contribution in [0.1, 0.15) is 12.8 Å². The molecule has 0 radical (unpaired) electrons. The molecule has 0 N–H and O–H groups in total. The second kappa shape index (κ2) is 0.540. The lowest BCUT2D eigenvalue weighted by Gasteiger charge is -2.65.